The zero-order valence-electron chi connectivity index (χ0n) is 7.35. The minimum atomic E-state index is -1.45. The fraction of sp³-hybridized carbons (Fsp3) is 0. The van der Waals surface area contributed by atoms with Gasteiger partial charge >= 0.3 is 11.9 Å². The van der Waals surface area contributed by atoms with E-state index in [4.69, 9.17) is 10.2 Å². The van der Waals surface area contributed by atoms with Crippen molar-refractivity contribution in [2.75, 3.05) is 0 Å². The van der Waals surface area contributed by atoms with Crippen LogP contribution >= 0.6 is 0 Å². The van der Waals surface area contributed by atoms with Crippen LogP contribution < -0.4 is 0 Å². The fourth-order valence-electron chi connectivity index (χ4n) is 0.873. The van der Waals surface area contributed by atoms with E-state index in [1.807, 2.05) is 0 Å². The Morgan fingerprint density at radius 3 is 2.60 bits per heavy atom. The molecule has 0 aliphatic carbocycles. The summed E-state index contributed by atoms with van der Waals surface area (Å²) in [5, 5.41) is 16.9. The number of pyridine rings is 1. The van der Waals surface area contributed by atoms with Gasteiger partial charge in [-0.25, -0.2) is 14.6 Å². The van der Waals surface area contributed by atoms with Crippen LogP contribution in [-0.4, -0.2) is 27.1 Å². The van der Waals surface area contributed by atoms with Crippen LogP contribution in [0.15, 0.2) is 18.3 Å². The highest BCUT2D eigenvalue weighted by Gasteiger charge is 2.11. The van der Waals surface area contributed by atoms with Crippen molar-refractivity contribution in [2.45, 2.75) is 0 Å². The SMILES string of the molecule is O=C(O)C=Cc1cnc(F)c(C(=O)O)c1. The smallest absolute Gasteiger partial charge is 0.340 e. The van der Waals surface area contributed by atoms with Gasteiger partial charge in [0.15, 0.2) is 0 Å². The summed E-state index contributed by atoms with van der Waals surface area (Å²) in [5.74, 6) is -3.74. The van der Waals surface area contributed by atoms with Crippen molar-refractivity contribution in [3.05, 3.63) is 35.4 Å². The fourth-order valence-corrected chi connectivity index (χ4v) is 0.873. The summed E-state index contributed by atoms with van der Waals surface area (Å²) < 4.78 is 12.8. The van der Waals surface area contributed by atoms with E-state index in [2.05, 4.69) is 4.98 Å². The van der Waals surface area contributed by atoms with Crippen LogP contribution in [0.1, 0.15) is 15.9 Å². The van der Waals surface area contributed by atoms with Gasteiger partial charge in [0.1, 0.15) is 5.56 Å². The zero-order chi connectivity index (χ0) is 11.4. The van der Waals surface area contributed by atoms with E-state index in [9.17, 15) is 14.0 Å². The highest BCUT2D eigenvalue weighted by atomic mass is 19.1. The normalized spacial score (nSPS) is 10.5. The third-order valence-electron chi connectivity index (χ3n) is 1.51. The average molecular weight is 211 g/mol. The van der Waals surface area contributed by atoms with Crippen LogP contribution in [0.3, 0.4) is 0 Å². The minimum Gasteiger partial charge on any atom is -0.478 e. The number of aliphatic carboxylic acids is 1. The molecule has 0 atom stereocenters. The monoisotopic (exact) mass is 211 g/mol. The maximum absolute atomic E-state index is 12.8. The summed E-state index contributed by atoms with van der Waals surface area (Å²) in [6.07, 6.45) is 2.98. The molecule has 0 fully saturated rings. The number of hydrogen-bond acceptors (Lipinski definition) is 3. The first-order chi connectivity index (χ1) is 7.00. The van der Waals surface area contributed by atoms with Crippen LogP contribution in [0.4, 0.5) is 4.39 Å². The molecule has 15 heavy (non-hydrogen) atoms. The largest absolute Gasteiger partial charge is 0.478 e. The Kier molecular flexibility index (Phi) is 3.12. The Bertz CT molecular complexity index is 442. The lowest BCUT2D eigenvalue weighted by Crippen LogP contribution is -2.02. The summed E-state index contributed by atoms with van der Waals surface area (Å²) in [6, 6.07) is 1.00. The second-order valence-electron chi connectivity index (χ2n) is 2.58. The molecule has 0 spiro atoms. The summed E-state index contributed by atoms with van der Waals surface area (Å²) in [7, 11) is 0. The second kappa shape index (κ2) is 4.32. The van der Waals surface area contributed by atoms with E-state index in [0.29, 0.717) is 0 Å². The van der Waals surface area contributed by atoms with Crippen molar-refractivity contribution >= 4 is 18.0 Å². The summed E-state index contributed by atoms with van der Waals surface area (Å²) in [5.41, 5.74) is -0.390. The number of hydrogen-bond donors (Lipinski definition) is 2. The van der Waals surface area contributed by atoms with Crippen molar-refractivity contribution in [2.24, 2.45) is 0 Å². The van der Waals surface area contributed by atoms with E-state index in [-0.39, 0.29) is 5.56 Å². The van der Waals surface area contributed by atoms with Crippen molar-refractivity contribution in [1.29, 1.82) is 0 Å². The number of carbonyl (C=O) groups is 2. The predicted molar refractivity (Wildman–Crippen MR) is 47.8 cm³/mol. The molecule has 5 nitrogen and oxygen atoms in total. The number of aromatic nitrogens is 1. The Hall–Kier alpha value is -2.24. The molecule has 0 saturated heterocycles. The van der Waals surface area contributed by atoms with Crippen LogP contribution in [0, 0.1) is 5.95 Å². The van der Waals surface area contributed by atoms with Crippen molar-refractivity contribution in [3.63, 3.8) is 0 Å². The van der Waals surface area contributed by atoms with Gasteiger partial charge in [0.25, 0.3) is 0 Å². The number of carboxylic acids is 2. The number of rotatable bonds is 3. The first-order valence-corrected chi connectivity index (χ1v) is 3.80. The van der Waals surface area contributed by atoms with E-state index in [1.165, 1.54) is 0 Å². The first-order valence-electron chi connectivity index (χ1n) is 3.80. The zero-order valence-corrected chi connectivity index (χ0v) is 7.35. The topological polar surface area (TPSA) is 87.5 Å². The van der Waals surface area contributed by atoms with Gasteiger partial charge in [0.05, 0.1) is 0 Å². The Morgan fingerprint density at radius 1 is 1.40 bits per heavy atom. The molecule has 0 aromatic carbocycles. The lowest BCUT2D eigenvalue weighted by molar-refractivity contribution is -0.131. The molecular weight excluding hydrogens is 205 g/mol. The Labute approximate surface area is 83.5 Å². The molecule has 0 aliphatic rings. The molecule has 0 radical (unpaired) electrons. The molecule has 1 heterocycles. The lowest BCUT2D eigenvalue weighted by Gasteiger charge is -1.97. The predicted octanol–water partition coefficient (Wildman–Crippen LogP) is 1.02. The highest BCUT2D eigenvalue weighted by molar-refractivity contribution is 5.89. The van der Waals surface area contributed by atoms with Gasteiger partial charge in [-0.1, -0.05) is 0 Å². The van der Waals surface area contributed by atoms with Gasteiger partial charge in [0, 0.05) is 12.3 Å². The molecule has 0 unspecified atom stereocenters. The number of halogens is 1. The molecule has 78 valence electrons. The van der Waals surface area contributed by atoms with Crippen LogP contribution in [0.2, 0.25) is 0 Å². The quantitative estimate of drug-likeness (QED) is 0.575. The lowest BCUT2D eigenvalue weighted by atomic mass is 10.2. The van der Waals surface area contributed by atoms with Crippen LogP contribution in [-0.2, 0) is 4.79 Å². The Morgan fingerprint density at radius 2 is 2.07 bits per heavy atom. The summed E-state index contributed by atoms with van der Waals surface area (Å²) in [6.45, 7) is 0. The maximum Gasteiger partial charge on any atom is 0.340 e. The molecule has 0 aliphatic heterocycles. The van der Waals surface area contributed by atoms with Gasteiger partial charge < -0.3 is 10.2 Å². The number of aromatic carboxylic acids is 1. The number of nitrogens with zero attached hydrogens (tertiary/aromatic N) is 1. The van der Waals surface area contributed by atoms with Crippen LogP contribution in [0.5, 0.6) is 0 Å². The first kappa shape index (κ1) is 10.8. The van der Waals surface area contributed by atoms with Gasteiger partial charge in [0.2, 0.25) is 5.95 Å². The highest BCUT2D eigenvalue weighted by Crippen LogP contribution is 2.08. The van der Waals surface area contributed by atoms with Gasteiger partial charge in [-0.2, -0.15) is 4.39 Å². The van der Waals surface area contributed by atoms with Gasteiger partial charge in [-0.3, -0.25) is 0 Å². The molecule has 6 heteroatoms. The third-order valence-corrected chi connectivity index (χ3v) is 1.51. The standard InChI is InChI=1S/C9H6FNO4/c10-8-6(9(14)15)3-5(4-11-8)1-2-7(12)13/h1-4H,(H,12,13)(H,14,15). The van der Waals surface area contributed by atoms with E-state index in [0.717, 1.165) is 24.4 Å². The van der Waals surface area contributed by atoms with Crippen molar-refractivity contribution in [1.82, 2.24) is 4.98 Å². The van der Waals surface area contributed by atoms with Gasteiger partial charge in [-0.05, 0) is 17.7 Å². The van der Waals surface area contributed by atoms with Crippen molar-refractivity contribution < 1.29 is 24.2 Å². The maximum atomic E-state index is 12.8. The molecule has 1 rings (SSSR count). The molecule has 2 N–H and O–H groups in total. The second-order valence-corrected chi connectivity index (χ2v) is 2.58. The van der Waals surface area contributed by atoms with E-state index >= 15 is 0 Å². The van der Waals surface area contributed by atoms with Crippen LogP contribution in [0.25, 0.3) is 6.08 Å². The molecule has 0 amide bonds. The molecule has 0 bridgehead atoms. The minimum absolute atomic E-state index is 0.205. The third kappa shape index (κ3) is 2.87. The summed E-state index contributed by atoms with van der Waals surface area (Å²) in [4.78, 5) is 23.8. The molecule has 0 saturated carbocycles. The molecule has 1 aromatic heterocycles. The van der Waals surface area contributed by atoms with E-state index in [1.54, 1.807) is 0 Å². The summed E-state index contributed by atoms with van der Waals surface area (Å²) >= 11 is 0. The van der Waals surface area contributed by atoms with Crippen molar-refractivity contribution in [3.8, 4) is 0 Å². The number of carboxylic acid groups (broad SMARTS) is 2. The average Bonchev–Trinajstić information content (AvgIpc) is 2.16. The van der Waals surface area contributed by atoms with E-state index < -0.39 is 23.4 Å². The molecular formula is C9H6FNO4. The van der Waals surface area contributed by atoms with Gasteiger partial charge in [-0.15, -0.1) is 0 Å². The molecule has 1 aromatic rings. The Balaban J connectivity index is 3.08.